The van der Waals surface area contributed by atoms with E-state index in [-0.39, 0.29) is 0 Å². The second-order valence-corrected chi connectivity index (χ2v) is 4.23. The Morgan fingerprint density at radius 2 is 2.15 bits per heavy atom. The van der Waals surface area contributed by atoms with Gasteiger partial charge in [0.05, 0.1) is 0 Å². The van der Waals surface area contributed by atoms with Crippen LogP contribution < -0.4 is 0 Å². The highest BCUT2D eigenvalue weighted by atomic mass is 35.5. The summed E-state index contributed by atoms with van der Waals surface area (Å²) in [5, 5.41) is 1.10. The number of rotatable bonds is 4. The molecule has 0 saturated heterocycles. The summed E-state index contributed by atoms with van der Waals surface area (Å²) in [4.78, 5) is 0. The van der Waals surface area contributed by atoms with Gasteiger partial charge in [-0.05, 0) is 37.0 Å². The van der Waals surface area contributed by atoms with Gasteiger partial charge in [-0.25, -0.2) is 0 Å². The molecule has 0 N–H and O–H groups in total. The van der Waals surface area contributed by atoms with E-state index in [9.17, 15) is 0 Å². The van der Waals surface area contributed by atoms with E-state index < -0.39 is 0 Å². The number of hydrogen-bond acceptors (Lipinski definition) is 0. The van der Waals surface area contributed by atoms with Crippen LogP contribution in [0, 0.1) is 0 Å². The minimum Gasteiger partial charge on any atom is -0.123 e. The fourth-order valence-corrected chi connectivity index (χ4v) is 1.54. The number of alkyl halides is 1. The molecule has 1 aromatic rings. The molecule has 1 aromatic carbocycles. The zero-order chi connectivity index (χ0) is 9.68. The smallest absolute Gasteiger partial charge is 0.0408 e. The maximum absolute atomic E-state index is 6.02. The summed E-state index contributed by atoms with van der Waals surface area (Å²) in [6, 6.07) is 7.96. The molecule has 13 heavy (non-hydrogen) atoms. The van der Waals surface area contributed by atoms with Crippen molar-refractivity contribution in [3.63, 3.8) is 0 Å². The zero-order valence-corrected chi connectivity index (χ0v) is 9.28. The second kappa shape index (κ2) is 5.51. The van der Waals surface area contributed by atoms with E-state index in [0.29, 0.717) is 5.38 Å². The third-order valence-corrected chi connectivity index (χ3v) is 2.84. The molecule has 2 heteroatoms. The van der Waals surface area contributed by atoms with Crippen molar-refractivity contribution in [1.29, 1.82) is 0 Å². The molecule has 0 fully saturated rings. The lowest BCUT2D eigenvalue weighted by molar-refractivity contribution is 0.727. The van der Waals surface area contributed by atoms with Gasteiger partial charge >= 0.3 is 0 Å². The molecule has 0 aliphatic rings. The summed E-state index contributed by atoms with van der Waals surface area (Å²) in [6.45, 7) is 2.11. The van der Waals surface area contributed by atoms with Crippen LogP contribution in [0.1, 0.15) is 25.3 Å². The molecular weight excluding hydrogens is 203 g/mol. The predicted octanol–water partition coefficient (Wildman–Crippen LogP) is 4.29. The molecule has 0 heterocycles. The Morgan fingerprint density at radius 3 is 2.77 bits per heavy atom. The highest BCUT2D eigenvalue weighted by Gasteiger charge is 2.01. The normalized spacial score (nSPS) is 12.8. The van der Waals surface area contributed by atoms with E-state index in [1.54, 1.807) is 0 Å². The molecule has 1 rings (SSSR count). The molecule has 0 aliphatic carbocycles. The Morgan fingerprint density at radius 1 is 1.38 bits per heavy atom. The van der Waals surface area contributed by atoms with Gasteiger partial charge in [-0.2, -0.15) is 0 Å². The molecule has 0 saturated carbocycles. The highest BCUT2D eigenvalue weighted by molar-refractivity contribution is 6.30. The minimum absolute atomic E-state index is 0.291. The quantitative estimate of drug-likeness (QED) is 0.660. The van der Waals surface area contributed by atoms with Crippen molar-refractivity contribution in [3.05, 3.63) is 34.9 Å². The topological polar surface area (TPSA) is 0 Å². The van der Waals surface area contributed by atoms with E-state index in [0.717, 1.165) is 24.3 Å². The van der Waals surface area contributed by atoms with Gasteiger partial charge in [-0.3, -0.25) is 0 Å². The van der Waals surface area contributed by atoms with Gasteiger partial charge in [0.25, 0.3) is 0 Å². The molecule has 0 spiro atoms. The lowest BCUT2D eigenvalue weighted by atomic mass is 10.1. The third kappa shape index (κ3) is 4.02. The van der Waals surface area contributed by atoms with Gasteiger partial charge in [0.1, 0.15) is 0 Å². The van der Waals surface area contributed by atoms with Crippen LogP contribution in [-0.4, -0.2) is 5.38 Å². The molecule has 0 bridgehead atoms. The summed E-state index contributed by atoms with van der Waals surface area (Å²) in [5.41, 5.74) is 1.27. The molecule has 0 aromatic heterocycles. The highest BCUT2D eigenvalue weighted by Crippen LogP contribution is 2.15. The van der Waals surface area contributed by atoms with Crippen molar-refractivity contribution in [2.45, 2.75) is 31.6 Å². The Kier molecular flexibility index (Phi) is 4.61. The predicted molar refractivity (Wildman–Crippen MR) is 59.7 cm³/mol. The van der Waals surface area contributed by atoms with Crippen molar-refractivity contribution < 1.29 is 0 Å². The van der Waals surface area contributed by atoms with Gasteiger partial charge in [-0.1, -0.05) is 30.7 Å². The molecule has 1 atom stereocenters. The van der Waals surface area contributed by atoms with Crippen LogP contribution in [0.25, 0.3) is 0 Å². The summed E-state index contributed by atoms with van der Waals surface area (Å²) >= 11 is 11.9. The van der Waals surface area contributed by atoms with Gasteiger partial charge in [-0.15, -0.1) is 11.6 Å². The lowest BCUT2D eigenvalue weighted by Gasteiger charge is -2.05. The first-order chi connectivity index (χ1) is 6.22. The fourth-order valence-electron chi connectivity index (χ4n) is 1.22. The zero-order valence-electron chi connectivity index (χ0n) is 7.76. The van der Waals surface area contributed by atoms with E-state index in [4.69, 9.17) is 23.2 Å². The number of aryl methyl sites for hydroxylation is 1. The number of halogens is 2. The molecule has 1 unspecified atom stereocenters. The summed E-state index contributed by atoms with van der Waals surface area (Å²) in [6.07, 6.45) is 3.07. The van der Waals surface area contributed by atoms with E-state index in [2.05, 4.69) is 13.0 Å². The van der Waals surface area contributed by atoms with Crippen molar-refractivity contribution in [2.24, 2.45) is 0 Å². The fraction of sp³-hybridized carbons (Fsp3) is 0.455. The summed E-state index contributed by atoms with van der Waals surface area (Å²) in [7, 11) is 0. The van der Waals surface area contributed by atoms with Crippen molar-refractivity contribution in [1.82, 2.24) is 0 Å². The standard InChI is InChI=1S/C11H14Cl2/c1-2-10(12)7-6-9-4-3-5-11(13)8-9/h3-5,8,10H,2,6-7H2,1H3. The Balaban J connectivity index is 2.45. The first-order valence-corrected chi connectivity index (χ1v) is 5.42. The van der Waals surface area contributed by atoms with E-state index >= 15 is 0 Å². The number of hydrogen-bond donors (Lipinski definition) is 0. The molecule has 72 valence electrons. The van der Waals surface area contributed by atoms with Crippen molar-refractivity contribution in [3.8, 4) is 0 Å². The van der Waals surface area contributed by atoms with Crippen LogP contribution in [0.4, 0.5) is 0 Å². The van der Waals surface area contributed by atoms with Crippen LogP contribution >= 0.6 is 23.2 Å². The van der Waals surface area contributed by atoms with Gasteiger partial charge in [0.2, 0.25) is 0 Å². The summed E-state index contributed by atoms with van der Waals surface area (Å²) < 4.78 is 0. The molecule has 0 radical (unpaired) electrons. The van der Waals surface area contributed by atoms with Crippen LogP contribution in [0.15, 0.2) is 24.3 Å². The molecule has 0 nitrogen and oxygen atoms in total. The van der Waals surface area contributed by atoms with Crippen molar-refractivity contribution >= 4 is 23.2 Å². The monoisotopic (exact) mass is 216 g/mol. The van der Waals surface area contributed by atoms with E-state index in [1.165, 1.54) is 5.56 Å². The van der Waals surface area contributed by atoms with Crippen LogP contribution in [0.5, 0.6) is 0 Å². The molecule has 0 amide bonds. The second-order valence-electron chi connectivity index (χ2n) is 3.17. The largest absolute Gasteiger partial charge is 0.123 e. The van der Waals surface area contributed by atoms with Crippen molar-refractivity contribution in [2.75, 3.05) is 0 Å². The SMILES string of the molecule is CCC(Cl)CCc1cccc(Cl)c1. The first kappa shape index (κ1) is 10.9. The molecule has 0 aliphatic heterocycles. The lowest BCUT2D eigenvalue weighted by Crippen LogP contribution is -1.98. The van der Waals surface area contributed by atoms with Gasteiger partial charge in [0, 0.05) is 10.4 Å². The van der Waals surface area contributed by atoms with Crippen LogP contribution in [0.3, 0.4) is 0 Å². The van der Waals surface area contributed by atoms with E-state index in [1.807, 2.05) is 18.2 Å². The maximum Gasteiger partial charge on any atom is 0.0408 e. The van der Waals surface area contributed by atoms with Crippen LogP contribution in [0.2, 0.25) is 5.02 Å². The minimum atomic E-state index is 0.291. The average Bonchev–Trinajstić information content (AvgIpc) is 2.14. The Labute approximate surface area is 89.9 Å². The van der Waals surface area contributed by atoms with Gasteiger partial charge < -0.3 is 0 Å². The van der Waals surface area contributed by atoms with Gasteiger partial charge in [0.15, 0.2) is 0 Å². The summed E-state index contributed by atoms with van der Waals surface area (Å²) in [5.74, 6) is 0. The first-order valence-electron chi connectivity index (χ1n) is 4.61. The third-order valence-electron chi connectivity index (χ3n) is 2.08. The number of benzene rings is 1. The molecular formula is C11H14Cl2. The maximum atomic E-state index is 6.02. The average molecular weight is 217 g/mol. The Hall–Kier alpha value is -0.200. The van der Waals surface area contributed by atoms with Crippen LogP contribution in [-0.2, 0) is 6.42 Å². The Bertz CT molecular complexity index is 258.